The Morgan fingerprint density at radius 1 is 0.824 bits per heavy atom. The molecule has 0 spiro atoms. The van der Waals surface area contributed by atoms with E-state index >= 15 is 0 Å². The number of benzene rings is 2. The summed E-state index contributed by atoms with van der Waals surface area (Å²) in [5.74, 6) is -4.51. The van der Waals surface area contributed by atoms with Gasteiger partial charge in [-0.3, -0.25) is 19.2 Å². The van der Waals surface area contributed by atoms with E-state index in [1.165, 1.54) is 24.3 Å². The minimum absolute atomic E-state index is 0.00804. The molecule has 1 fully saturated rings. The van der Waals surface area contributed by atoms with Gasteiger partial charge in [0.15, 0.2) is 6.29 Å². The van der Waals surface area contributed by atoms with E-state index in [9.17, 15) is 54.6 Å². The van der Waals surface area contributed by atoms with Gasteiger partial charge < -0.3 is 62.0 Å². The van der Waals surface area contributed by atoms with Crippen molar-refractivity contribution < 1.29 is 59.3 Å². The lowest BCUT2D eigenvalue weighted by atomic mass is 9.98. The van der Waals surface area contributed by atoms with Crippen molar-refractivity contribution in [2.24, 2.45) is 11.7 Å². The summed E-state index contributed by atoms with van der Waals surface area (Å²) in [6.45, 7) is 1.66. The number of rotatable bonds is 17. The zero-order chi connectivity index (χ0) is 37.8. The van der Waals surface area contributed by atoms with E-state index in [1.807, 2.05) is 0 Å². The maximum absolute atomic E-state index is 13.5. The third kappa shape index (κ3) is 12.6. The predicted octanol–water partition coefficient (Wildman–Crippen LogP) is -2.65. The van der Waals surface area contributed by atoms with E-state index in [2.05, 4.69) is 16.0 Å². The topological polar surface area (TPSA) is 281 Å². The molecule has 2 aromatic carbocycles. The van der Waals surface area contributed by atoms with Crippen LogP contribution in [0.15, 0.2) is 54.6 Å². The van der Waals surface area contributed by atoms with Gasteiger partial charge in [0.05, 0.1) is 25.7 Å². The van der Waals surface area contributed by atoms with Gasteiger partial charge in [0.2, 0.25) is 23.6 Å². The minimum atomic E-state index is -1.91. The number of ether oxygens (including phenoxy) is 1. The first kappa shape index (κ1) is 40.8. The van der Waals surface area contributed by atoms with Gasteiger partial charge in [0, 0.05) is 6.42 Å². The summed E-state index contributed by atoms with van der Waals surface area (Å²) in [4.78, 5) is 65.4. The van der Waals surface area contributed by atoms with Crippen molar-refractivity contribution >= 4 is 29.6 Å². The molecular formula is C34H47N5O12. The van der Waals surface area contributed by atoms with Crippen LogP contribution >= 0.6 is 0 Å². The number of carboxylic acids is 1. The number of aliphatic carboxylic acids is 1. The van der Waals surface area contributed by atoms with Crippen LogP contribution in [0.1, 0.15) is 31.4 Å². The first-order valence-corrected chi connectivity index (χ1v) is 16.4. The summed E-state index contributed by atoms with van der Waals surface area (Å²) in [6.07, 6.45) is -8.67. The molecule has 1 saturated heterocycles. The van der Waals surface area contributed by atoms with Gasteiger partial charge in [-0.1, -0.05) is 56.3 Å². The average Bonchev–Trinajstić information content (AvgIpc) is 3.08. The Bertz CT molecular complexity index is 1480. The molecular weight excluding hydrogens is 670 g/mol. The normalized spacial score (nSPS) is 21.9. The third-order valence-corrected chi connectivity index (χ3v) is 8.14. The first-order chi connectivity index (χ1) is 24.0. The molecule has 0 radical (unpaired) electrons. The Labute approximate surface area is 294 Å². The minimum Gasteiger partial charge on any atom is -0.508 e. The molecule has 0 saturated carbocycles. The summed E-state index contributed by atoms with van der Waals surface area (Å²) >= 11 is 0. The Morgan fingerprint density at radius 2 is 1.45 bits per heavy atom. The van der Waals surface area contributed by atoms with Crippen molar-refractivity contribution in [2.75, 3.05) is 19.6 Å². The second kappa shape index (κ2) is 19.1. The highest BCUT2D eigenvalue weighted by atomic mass is 16.6. The van der Waals surface area contributed by atoms with Crippen LogP contribution in [0, 0.1) is 5.92 Å². The Balaban J connectivity index is 1.71. The van der Waals surface area contributed by atoms with Crippen molar-refractivity contribution in [2.45, 2.75) is 81.9 Å². The van der Waals surface area contributed by atoms with Crippen molar-refractivity contribution in [3.63, 3.8) is 0 Å². The summed E-state index contributed by atoms with van der Waals surface area (Å²) in [5.41, 5.74) is 7.41. The van der Waals surface area contributed by atoms with Gasteiger partial charge in [-0.25, -0.2) is 4.79 Å². The number of nitrogens with two attached hydrogens (primary N) is 1. The van der Waals surface area contributed by atoms with Crippen LogP contribution in [-0.4, -0.2) is 134 Å². The van der Waals surface area contributed by atoms with Crippen LogP contribution in [0.5, 0.6) is 5.75 Å². The molecule has 0 aliphatic carbocycles. The largest absolute Gasteiger partial charge is 0.508 e. The number of amides is 4. The number of hydrogen-bond acceptors (Lipinski definition) is 12. The Morgan fingerprint density at radius 3 is 2.06 bits per heavy atom. The summed E-state index contributed by atoms with van der Waals surface area (Å²) in [5, 5.41) is 66.9. The van der Waals surface area contributed by atoms with Crippen molar-refractivity contribution in [1.82, 2.24) is 20.9 Å². The molecule has 51 heavy (non-hydrogen) atoms. The number of nitrogens with zero attached hydrogens (tertiary/aromatic N) is 1. The fraction of sp³-hybridized carbons (Fsp3) is 0.500. The van der Waals surface area contributed by atoms with Crippen molar-refractivity contribution in [3.05, 3.63) is 65.7 Å². The van der Waals surface area contributed by atoms with E-state index in [0.717, 1.165) is 4.90 Å². The highest BCUT2D eigenvalue weighted by Crippen LogP contribution is 2.21. The predicted molar refractivity (Wildman–Crippen MR) is 179 cm³/mol. The summed E-state index contributed by atoms with van der Waals surface area (Å²) in [7, 11) is 0. The van der Waals surface area contributed by atoms with Gasteiger partial charge in [0.25, 0.3) is 0 Å². The monoisotopic (exact) mass is 717 g/mol. The summed E-state index contributed by atoms with van der Waals surface area (Å²) < 4.78 is 5.19. The molecule has 3 rings (SSSR count). The van der Waals surface area contributed by atoms with Crippen LogP contribution in [0.3, 0.4) is 0 Å². The van der Waals surface area contributed by atoms with E-state index in [4.69, 9.17) is 10.5 Å². The second-order valence-corrected chi connectivity index (χ2v) is 12.8. The van der Waals surface area contributed by atoms with Crippen LogP contribution < -0.4 is 21.7 Å². The fourth-order valence-corrected chi connectivity index (χ4v) is 5.42. The highest BCUT2D eigenvalue weighted by molar-refractivity contribution is 5.93. The number of aliphatic hydroxyl groups is 4. The molecule has 0 bridgehead atoms. The Hall–Kier alpha value is -4.65. The van der Waals surface area contributed by atoms with Gasteiger partial charge in [-0.05, 0) is 42.0 Å². The van der Waals surface area contributed by atoms with E-state index in [1.54, 1.807) is 44.2 Å². The molecule has 11 N–H and O–H groups in total. The van der Waals surface area contributed by atoms with E-state index in [-0.39, 0.29) is 30.9 Å². The molecule has 1 heterocycles. The number of carbonyl (C=O) groups is 5. The molecule has 1 aliphatic heterocycles. The lowest BCUT2D eigenvalue weighted by Gasteiger charge is -2.40. The number of carboxylic acid groups (broad SMARTS) is 1. The first-order valence-electron chi connectivity index (χ1n) is 16.4. The molecule has 8 atom stereocenters. The van der Waals surface area contributed by atoms with Crippen LogP contribution in [-0.2, 0) is 41.6 Å². The second-order valence-electron chi connectivity index (χ2n) is 12.8. The number of phenols is 1. The molecule has 280 valence electrons. The van der Waals surface area contributed by atoms with Gasteiger partial charge in [0.1, 0.15) is 42.2 Å². The average molecular weight is 718 g/mol. The number of aliphatic hydroxyl groups excluding tert-OH is 4. The lowest BCUT2D eigenvalue weighted by Crippen LogP contribution is -2.61. The smallest absolute Gasteiger partial charge is 0.326 e. The quantitative estimate of drug-likeness (QED) is 0.0802. The molecule has 0 aromatic heterocycles. The zero-order valence-corrected chi connectivity index (χ0v) is 28.3. The number of aromatic hydroxyl groups is 1. The van der Waals surface area contributed by atoms with Gasteiger partial charge >= 0.3 is 5.97 Å². The molecule has 1 aliphatic rings. The molecule has 4 amide bonds. The van der Waals surface area contributed by atoms with Gasteiger partial charge in [-0.2, -0.15) is 0 Å². The molecule has 2 aromatic rings. The molecule has 17 heteroatoms. The van der Waals surface area contributed by atoms with Crippen LogP contribution in [0.25, 0.3) is 0 Å². The van der Waals surface area contributed by atoms with Crippen molar-refractivity contribution in [3.8, 4) is 5.75 Å². The maximum atomic E-state index is 13.5. The van der Waals surface area contributed by atoms with E-state index < -0.39 is 98.1 Å². The molecule has 0 unspecified atom stereocenters. The van der Waals surface area contributed by atoms with Crippen LogP contribution in [0.2, 0.25) is 0 Å². The number of phenolic OH excluding ortho intramolecular Hbond substituents is 1. The number of hydrogen-bond donors (Lipinski definition) is 10. The standard InChI is InChI=1S/C34H47N5O12/c1-18(2)12-24(33(48)49)38-31(46)23(14-19-6-4-3-5-7-19)37-26(41)15-36-27(42)17-39(16-25-28(43)29(44)30(45)34(50)51-25)32(47)22(35)13-20-8-10-21(40)11-9-20/h3-11,18,22-25,28-30,34,40,43-45,50H,12-17,35H2,1-2H3,(H,36,42)(H,37,41)(H,38,46)(H,48,49)/t22-,23-,24-,25+,28-,29-,30+,34+/m0/s1. The molecule has 17 nitrogen and oxygen atoms in total. The number of nitrogens with one attached hydrogen (secondary N) is 3. The number of carbonyl (C=O) groups excluding carboxylic acids is 4. The van der Waals surface area contributed by atoms with Crippen molar-refractivity contribution in [1.29, 1.82) is 0 Å². The lowest BCUT2D eigenvalue weighted by molar-refractivity contribution is -0.283. The third-order valence-electron chi connectivity index (χ3n) is 8.14. The van der Waals surface area contributed by atoms with E-state index in [0.29, 0.717) is 11.1 Å². The fourth-order valence-electron chi connectivity index (χ4n) is 5.42. The maximum Gasteiger partial charge on any atom is 0.326 e. The van der Waals surface area contributed by atoms with Gasteiger partial charge in [-0.15, -0.1) is 0 Å². The SMILES string of the molecule is CC(C)C[C@H](NC(=O)[C@H](Cc1ccccc1)NC(=O)CNC(=O)CN(C[C@H]1O[C@@H](O)[C@H](O)[C@@H](O)[C@H]1O)C(=O)[C@@H](N)Cc1ccc(O)cc1)C(=O)O. The zero-order valence-electron chi connectivity index (χ0n) is 28.3. The summed E-state index contributed by atoms with van der Waals surface area (Å²) in [6, 6.07) is 10.9. The Kier molecular flexibility index (Phi) is 15.3. The highest BCUT2D eigenvalue weighted by Gasteiger charge is 2.44. The van der Waals surface area contributed by atoms with Crippen LogP contribution in [0.4, 0.5) is 0 Å².